The van der Waals surface area contributed by atoms with Gasteiger partial charge in [0.15, 0.2) is 10.8 Å². The third-order valence-corrected chi connectivity index (χ3v) is 3.22. The molecule has 3 rings (SSSR count). The van der Waals surface area contributed by atoms with Crippen molar-refractivity contribution in [2.24, 2.45) is 0 Å². The highest BCUT2D eigenvalue weighted by atomic mass is 35.5. The van der Waals surface area contributed by atoms with E-state index < -0.39 is 0 Å². The topological polar surface area (TPSA) is 43.1 Å². The summed E-state index contributed by atoms with van der Waals surface area (Å²) in [6.07, 6.45) is 3.36. The first-order valence-corrected chi connectivity index (χ1v) is 5.50. The van der Waals surface area contributed by atoms with Crippen LogP contribution in [0, 0.1) is 0 Å². The molecule has 15 heavy (non-hydrogen) atoms. The van der Waals surface area contributed by atoms with Crippen molar-refractivity contribution in [1.29, 1.82) is 0 Å². The number of hydrogen-bond acceptors (Lipinski definition) is 4. The highest BCUT2D eigenvalue weighted by Gasteiger charge is 2.09. The number of fused-ring (bicyclic) bond motifs is 1. The number of hydrogen-bond donors (Lipinski definition) is 0. The lowest BCUT2D eigenvalue weighted by Gasteiger charge is -2.01. The Hall–Kier alpha value is -1.46. The Morgan fingerprint density at radius 2 is 2.33 bits per heavy atom. The second kappa shape index (κ2) is 3.29. The molecule has 6 heteroatoms. The smallest absolute Gasteiger partial charge is 0.198 e. The van der Waals surface area contributed by atoms with Crippen LogP contribution in [0.1, 0.15) is 0 Å². The zero-order valence-corrected chi connectivity index (χ0v) is 9.03. The summed E-state index contributed by atoms with van der Waals surface area (Å²) in [5, 5.41) is 10.1. The van der Waals surface area contributed by atoms with E-state index in [1.54, 1.807) is 23.9 Å². The molecule has 0 unspecified atom stereocenters. The van der Waals surface area contributed by atoms with Crippen LogP contribution in [0.25, 0.3) is 16.2 Å². The van der Waals surface area contributed by atoms with Crippen LogP contribution in [-0.4, -0.2) is 19.6 Å². The van der Waals surface area contributed by atoms with Crippen molar-refractivity contribution >= 4 is 28.6 Å². The van der Waals surface area contributed by atoms with Crippen LogP contribution >= 0.6 is 22.9 Å². The van der Waals surface area contributed by atoms with E-state index in [9.17, 15) is 0 Å². The van der Waals surface area contributed by atoms with Gasteiger partial charge in [0, 0.05) is 0 Å². The van der Waals surface area contributed by atoms with Gasteiger partial charge >= 0.3 is 0 Å². The molecule has 0 fully saturated rings. The van der Waals surface area contributed by atoms with E-state index in [-0.39, 0.29) is 0 Å². The fourth-order valence-electron chi connectivity index (χ4n) is 1.40. The van der Waals surface area contributed by atoms with Crippen LogP contribution in [0.2, 0.25) is 5.15 Å². The summed E-state index contributed by atoms with van der Waals surface area (Å²) in [6, 6.07) is 4.01. The van der Waals surface area contributed by atoms with E-state index >= 15 is 0 Å². The second-order valence-corrected chi connectivity index (χ2v) is 4.24. The van der Waals surface area contributed by atoms with E-state index in [0.29, 0.717) is 10.8 Å². The molecule has 0 aromatic carbocycles. The van der Waals surface area contributed by atoms with Crippen molar-refractivity contribution in [2.75, 3.05) is 0 Å². The van der Waals surface area contributed by atoms with E-state index in [4.69, 9.17) is 11.6 Å². The van der Waals surface area contributed by atoms with Gasteiger partial charge in [0.05, 0.1) is 16.8 Å². The Kier molecular flexibility index (Phi) is 1.93. The summed E-state index contributed by atoms with van der Waals surface area (Å²) in [5.41, 5.74) is 1.54. The van der Waals surface area contributed by atoms with E-state index in [1.807, 2.05) is 21.9 Å². The number of halogens is 1. The molecule has 0 atom stereocenters. The molecule has 0 aliphatic carbocycles. The Morgan fingerprint density at radius 3 is 3.13 bits per heavy atom. The molecule has 0 amide bonds. The maximum atomic E-state index is 5.90. The SMILES string of the molecule is Clc1ncc(-c2cccs2)n2cnnc12. The first kappa shape index (κ1) is 8.82. The predicted molar refractivity (Wildman–Crippen MR) is 59.1 cm³/mol. The number of rotatable bonds is 1. The lowest BCUT2D eigenvalue weighted by molar-refractivity contribution is 1.10. The zero-order valence-electron chi connectivity index (χ0n) is 7.46. The molecule has 0 saturated heterocycles. The van der Waals surface area contributed by atoms with Crippen molar-refractivity contribution in [3.8, 4) is 10.6 Å². The van der Waals surface area contributed by atoms with Gasteiger partial charge in [-0.2, -0.15) is 0 Å². The molecule has 4 nitrogen and oxygen atoms in total. The first-order chi connectivity index (χ1) is 7.36. The molecule has 0 saturated carbocycles. The summed E-state index contributed by atoms with van der Waals surface area (Å²) in [7, 11) is 0. The van der Waals surface area contributed by atoms with E-state index in [1.165, 1.54) is 0 Å². The van der Waals surface area contributed by atoms with Gasteiger partial charge in [-0.3, -0.25) is 4.40 Å². The van der Waals surface area contributed by atoms with Gasteiger partial charge in [0.1, 0.15) is 6.33 Å². The molecule has 3 heterocycles. The monoisotopic (exact) mass is 236 g/mol. The fourth-order valence-corrected chi connectivity index (χ4v) is 2.31. The molecule has 0 spiro atoms. The normalized spacial score (nSPS) is 11.0. The van der Waals surface area contributed by atoms with Crippen LogP contribution in [0.15, 0.2) is 30.0 Å². The highest BCUT2D eigenvalue weighted by Crippen LogP contribution is 2.26. The number of thiophene rings is 1. The van der Waals surface area contributed by atoms with Gasteiger partial charge in [0.25, 0.3) is 0 Å². The number of nitrogens with zero attached hydrogens (tertiary/aromatic N) is 4. The average molecular weight is 237 g/mol. The molecule has 3 aromatic rings. The quantitative estimate of drug-likeness (QED) is 0.652. The Morgan fingerprint density at radius 1 is 1.40 bits per heavy atom. The third kappa shape index (κ3) is 1.32. The molecule has 0 bridgehead atoms. The molecule has 3 aromatic heterocycles. The zero-order chi connectivity index (χ0) is 10.3. The molecule has 0 N–H and O–H groups in total. The predicted octanol–water partition coefficient (Wildman–Crippen LogP) is 2.51. The van der Waals surface area contributed by atoms with Crippen molar-refractivity contribution in [1.82, 2.24) is 19.6 Å². The summed E-state index contributed by atoms with van der Waals surface area (Å²) in [4.78, 5) is 5.20. The summed E-state index contributed by atoms with van der Waals surface area (Å²) >= 11 is 7.54. The molecule has 0 aliphatic heterocycles. The third-order valence-electron chi connectivity index (χ3n) is 2.07. The van der Waals surface area contributed by atoms with Crippen molar-refractivity contribution in [2.45, 2.75) is 0 Å². The minimum atomic E-state index is 0.368. The van der Waals surface area contributed by atoms with Gasteiger partial charge in [-0.1, -0.05) is 17.7 Å². The molecule has 0 radical (unpaired) electrons. The van der Waals surface area contributed by atoms with Crippen LogP contribution in [0.4, 0.5) is 0 Å². The van der Waals surface area contributed by atoms with Crippen LogP contribution in [0.3, 0.4) is 0 Å². The maximum absolute atomic E-state index is 5.90. The molecular formula is C9H5ClN4S. The Labute approximate surface area is 94.2 Å². The van der Waals surface area contributed by atoms with Gasteiger partial charge < -0.3 is 0 Å². The summed E-state index contributed by atoms with van der Waals surface area (Å²) in [6.45, 7) is 0. The van der Waals surface area contributed by atoms with E-state index in [2.05, 4.69) is 15.2 Å². The van der Waals surface area contributed by atoms with E-state index in [0.717, 1.165) is 10.6 Å². The Balaban J connectivity index is 2.37. The highest BCUT2D eigenvalue weighted by molar-refractivity contribution is 7.13. The summed E-state index contributed by atoms with van der Waals surface area (Å²) < 4.78 is 1.83. The molecule has 0 aliphatic rings. The van der Waals surface area contributed by atoms with Crippen LogP contribution < -0.4 is 0 Å². The van der Waals surface area contributed by atoms with Gasteiger partial charge in [-0.25, -0.2) is 4.98 Å². The molecular weight excluding hydrogens is 232 g/mol. The van der Waals surface area contributed by atoms with Gasteiger partial charge in [0.2, 0.25) is 0 Å². The van der Waals surface area contributed by atoms with Crippen molar-refractivity contribution < 1.29 is 0 Å². The summed E-state index contributed by atoms with van der Waals surface area (Å²) in [5.74, 6) is 0. The van der Waals surface area contributed by atoms with Crippen LogP contribution in [-0.2, 0) is 0 Å². The largest absolute Gasteiger partial charge is 0.276 e. The maximum Gasteiger partial charge on any atom is 0.198 e. The lowest BCUT2D eigenvalue weighted by atomic mass is 10.3. The van der Waals surface area contributed by atoms with Gasteiger partial charge in [-0.05, 0) is 11.4 Å². The first-order valence-electron chi connectivity index (χ1n) is 4.24. The fraction of sp³-hybridized carbons (Fsp3) is 0. The molecule has 74 valence electrons. The standard InChI is InChI=1S/C9H5ClN4S/c10-8-9-13-12-5-14(9)6(4-11-8)7-2-1-3-15-7/h1-5H. The second-order valence-electron chi connectivity index (χ2n) is 2.94. The minimum Gasteiger partial charge on any atom is -0.276 e. The minimum absolute atomic E-state index is 0.368. The number of aromatic nitrogens is 4. The van der Waals surface area contributed by atoms with Crippen molar-refractivity contribution in [3.63, 3.8) is 0 Å². The van der Waals surface area contributed by atoms with Crippen LogP contribution in [0.5, 0.6) is 0 Å². The lowest BCUT2D eigenvalue weighted by Crippen LogP contribution is -1.92. The average Bonchev–Trinajstić information content (AvgIpc) is 2.88. The van der Waals surface area contributed by atoms with Gasteiger partial charge in [-0.15, -0.1) is 21.5 Å². The van der Waals surface area contributed by atoms with Crippen molar-refractivity contribution in [3.05, 3.63) is 35.2 Å². The Bertz CT molecular complexity index is 602.